The van der Waals surface area contributed by atoms with E-state index in [0.717, 1.165) is 31.2 Å². The summed E-state index contributed by atoms with van der Waals surface area (Å²) in [5.74, 6) is 0.663. The van der Waals surface area contributed by atoms with Gasteiger partial charge in [0.05, 0.1) is 10.6 Å². The monoisotopic (exact) mass is 254 g/mol. The van der Waals surface area contributed by atoms with Gasteiger partial charge < -0.3 is 9.84 Å². The van der Waals surface area contributed by atoms with Crippen molar-refractivity contribution in [2.45, 2.75) is 44.6 Å². The topological polar surface area (TPSA) is 29.5 Å². The molecular formula is C14H19ClO2. The molecule has 1 aromatic rings. The molecule has 2 nitrogen and oxygen atoms in total. The van der Waals surface area contributed by atoms with Crippen LogP contribution in [0.15, 0.2) is 18.2 Å². The third kappa shape index (κ3) is 3.36. The number of aliphatic hydroxyl groups is 1. The molecule has 1 aliphatic carbocycles. The molecule has 0 unspecified atom stereocenters. The minimum absolute atomic E-state index is 0.343. The van der Waals surface area contributed by atoms with Crippen LogP contribution in [0.3, 0.4) is 0 Å². The maximum absolute atomic E-state index is 10.3. The van der Waals surface area contributed by atoms with E-state index in [2.05, 4.69) is 0 Å². The van der Waals surface area contributed by atoms with E-state index in [1.165, 1.54) is 6.42 Å². The second-order valence-corrected chi connectivity index (χ2v) is 5.41. The predicted octanol–water partition coefficient (Wildman–Crippen LogP) is 3.72. The third-order valence-corrected chi connectivity index (χ3v) is 3.66. The standard InChI is InChI=1S/C14H19ClO2/c1-11-5-6-13(12(15)9-11)17-10-14(16)7-3-2-4-8-14/h5-6,9,16H,2-4,7-8,10H2,1H3. The Balaban J connectivity index is 1.97. The fourth-order valence-corrected chi connectivity index (χ4v) is 2.58. The molecule has 0 heterocycles. The van der Waals surface area contributed by atoms with Crippen molar-refractivity contribution in [1.29, 1.82) is 0 Å². The summed E-state index contributed by atoms with van der Waals surface area (Å²) in [4.78, 5) is 0. The van der Waals surface area contributed by atoms with Crippen LogP contribution in [0.25, 0.3) is 0 Å². The smallest absolute Gasteiger partial charge is 0.138 e. The predicted molar refractivity (Wildman–Crippen MR) is 69.7 cm³/mol. The first-order valence-electron chi connectivity index (χ1n) is 6.20. The second-order valence-electron chi connectivity index (χ2n) is 5.01. The molecule has 0 spiro atoms. The van der Waals surface area contributed by atoms with E-state index in [4.69, 9.17) is 16.3 Å². The summed E-state index contributed by atoms with van der Waals surface area (Å²) in [5, 5.41) is 10.9. The minimum Gasteiger partial charge on any atom is -0.489 e. The Morgan fingerprint density at radius 2 is 2.00 bits per heavy atom. The van der Waals surface area contributed by atoms with E-state index in [0.29, 0.717) is 17.4 Å². The Morgan fingerprint density at radius 1 is 1.29 bits per heavy atom. The molecule has 94 valence electrons. The van der Waals surface area contributed by atoms with Crippen LogP contribution in [0, 0.1) is 6.92 Å². The van der Waals surface area contributed by atoms with E-state index in [1.54, 1.807) is 0 Å². The average molecular weight is 255 g/mol. The Kier molecular flexibility index (Phi) is 3.95. The summed E-state index contributed by atoms with van der Waals surface area (Å²) in [6, 6.07) is 5.71. The van der Waals surface area contributed by atoms with Crippen LogP contribution in [0.1, 0.15) is 37.7 Å². The van der Waals surface area contributed by atoms with Crippen molar-refractivity contribution in [2.75, 3.05) is 6.61 Å². The summed E-state index contributed by atoms with van der Waals surface area (Å²) in [7, 11) is 0. The molecule has 0 amide bonds. The number of benzene rings is 1. The fraction of sp³-hybridized carbons (Fsp3) is 0.571. The van der Waals surface area contributed by atoms with Crippen LogP contribution < -0.4 is 4.74 Å². The molecule has 0 saturated heterocycles. The minimum atomic E-state index is -0.660. The molecular weight excluding hydrogens is 236 g/mol. The van der Waals surface area contributed by atoms with Gasteiger partial charge in [0.1, 0.15) is 12.4 Å². The molecule has 3 heteroatoms. The van der Waals surface area contributed by atoms with Gasteiger partial charge in [-0.3, -0.25) is 0 Å². The van der Waals surface area contributed by atoms with E-state index in [1.807, 2.05) is 25.1 Å². The lowest BCUT2D eigenvalue weighted by Gasteiger charge is -2.31. The van der Waals surface area contributed by atoms with Gasteiger partial charge >= 0.3 is 0 Å². The van der Waals surface area contributed by atoms with Crippen LogP contribution in [0.5, 0.6) is 5.75 Å². The molecule has 1 aliphatic rings. The highest BCUT2D eigenvalue weighted by Gasteiger charge is 2.30. The van der Waals surface area contributed by atoms with Gasteiger partial charge in [0.2, 0.25) is 0 Å². The van der Waals surface area contributed by atoms with E-state index in [9.17, 15) is 5.11 Å². The average Bonchev–Trinajstić information content (AvgIpc) is 2.29. The molecule has 0 radical (unpaired) electrons. The first kappa shape index (κ1) is 12.7. The van der Waals surface area contributed by atoms with E-state index >= 15 is 0 Å². The molecule has 0 atom stereocenters. The van der Waals surface area contributed by atoms with Gasteiger partial charge in [0, 0.05) is 0 Å². The lowest BCUT2D eigenvalue weighted by molar-refractivity contribution is -0.0338. The summed E-state index contributed by atoms with van der Waals surface area (Å²) in [5.41, 5.74) is 0.450. The van der Waals surface area contributed by atoms with Crippen molar-refractivity contribution < 1.29 is 9.84 Å². The van der Waals surface area contributed by atoms with E-state index in [-0.39, 0.29) is 0 Å². The lowest BCUT2D eigenvalue weighted by Crippen LogP contribution is -2.37. The highest BCUT2D eigenvalue weighted by molar-refractivity contribution is 6.32. The fourth-order valence-electron chi connectivity index (χ4n) is 2.29. The van der Waals surface area contributed by atoms with Crippen LogP contribution in [-0.2, 0) is 0 Å². The Morgan fingerprint density at radius 3 is 2.65 bits per heavy atom. The zero-order chi connectivity index (χ0) is 12.3. The number of hydrogen-bond donors (Lipinski definition) is 1. The molecule has 0 bridgehead atoms. The summed E-state index contributed by atoms with van der Waals surface area (Å²) >= 11 is 6.09. The molecule has 17 heavy (non-hydrogen) atoms. The van der Waals surface area contributed by atoms with Crippen molar-refractivity contribution in [1.82, 2.24) is 0 Å². The Labute approximate surface area is 108 Å². The van der Waals surface area contributed by atoms with Crippen molar-refractivity contribution in [2.24, 2.45) is 0 Å². The SMILES string of the molecule is Cc1ccc(OCC2(O)CCCCC2)c(Cl)c1. The normalized spacial score (nSPS) is 19.0. The van der Waals surface area contributed by atoms with Gasteiger partial charge in [0.15, 0.2) is 0 Å². The van der Waals surface area contributed by atoms with Gasteiger partial charge in [-0.2, -0.15) is 0 Å². The first-order chi connectivity index (χ1) is 8.09. The van der Waals surface area contributed by atoms with Gasteiger partial charge in [-0.1, -0.05) is 36.9 Å². The Bertz CT molecular complexity index is 384. The number of hydrogen-bond acceptors (Lipinski definition) is 2. The van der Waals surface area contributed by atoms with E-state index < -0.39 is 5.60 Å². The van der Waals surface area contributed by atoms with Gasteiger partial charge in [-0.15, -0.1) is 0 Å². The zero-order valence-electron chi connectivity index (χ0n) is 10.2. The number of halogens is 1. The van der Waals surface area contributed by atoms with Crippen molar-refractivity contribution >= 4 is 11.6 Å². The van der Waals surface area contributed by atoms with Crippen LogP contribution >= 0.6 is 11.6 Å². The second kappa shape index (κ2) is 5.28. The molecule has 1 N–H and O–H groups in total. The van der Waals surface area contributed by atoms with Crippen molar-refractivity contribution in [3.05, 3.63) is 28.8 Å². The van der Waals surface area contributed by atoms with Crippen LogP contribution in [0.2, 0.25) is 5.02 Å². The van der Waals surface area contributed by atoms with Crippen molar-refractivity contribution in [3.63, 3.8) is 0 Å². The van der Waals surface area contributed by atoms with Crippen LogP contribution in [0.4, 0.5) is 0 Å². The molecule has 1 fully saturated rings. The summed E-state index contributed by atoms with van der Waals surface area (Å²) in [6.07, 6.45) is 5.05. The molecule has 2 rings (SSSR count). The quantitative estimate of drug-likeness (QED) is 0.891. The number of aryl methyl sites for hydroxylation is 1. The summed E-state index contributed by atoms with van der Waals surface area (Å²) < 4.78 is 5.65. The lowest BCUT2D eigenvalue weighted by atomic mass is 9.85. The number of rotatable bonds is 3. The molecule has 1 saturated carbocycles. The maximum atomic E-state index is 10.3. The highest BCUT2D eigenvalue weighted by atomic mass is 35.5. The van der Waals surface area contributed by atoms with Crippen molar-refractivity contribution in [3.8, 4) is 5.75 Å². The largest absolute Gasteiger partial charge is 0.489 e. The van der Waals surface area contributed by atoms with Gasteiger partial charge in [-0.05, 0) is 37.5 Å². The molecule has 0 aromatic heterocycles. The van der Waals surface area contributed by atoms with Gasteiger partial charge in [0.25, 0.3) is 0 Å². The number of ether oxygens (including phenoxy) is 1. The zero-order valence-corrected chi connectivity index (χ0v) is 11.0. The summed E-state index contributed by atoms with van der Waals surface area (Å²) in [6.45, 7) is 2.33. The highest BCUT2D eigenvalue weighted by Crippen LogP contribution is 2.31. The Hall–Kier alpha value is -0.730. The van der Waals surface area contributed by atoms with Crippen LogP contribution in [-0.4, -0.2) is 17.3 Å². The third-order valence-electron chi connectivity index (χ3n) is 3.37. The van der Waals surface area contributed by atoms with Gasteiger partial charge in [-0.25, -0.2) is 0 Å². The maximum Gasteiger partial charge on any atom is 0.138 e. The first-order valence-corrected chi connectivity index (χ1v) is 6.58. The molecule has 0 aliphatic heterocycles. The molecule has 1 aromatic carbocycles.